The molecule has 0 amide bonds. The number of nitrogens with zero attached hydrogens (tertiary/aromatic N) is 1. The summed E-state index contributed by atoms with van der Waals surface area (Å²) in [6, 6.07) is 8.49. The van der Waals surface area contributed by atoms with Gasteiger partial charge in [0.1, 0.15) is 0 Å². The molecule has 5 nitrogen and oxygen atoms in total. The molecular formula is C13H18ClN3O2S. The fourth-order valence-corrected chi connectivity index (χ4v) is 3.41. The van der Waals surface area contributed by atoms with E-state index >= 15 is 0 Å². The fraction of sp³-hybridized carbons (Fsp3) is 0.308. The van der Waals surface area contributed by atoms with Crippen molar-refractivity contribution in [3.63, 3.8) is 0 Å². The summed E-state index contributed by atoms with van der Waals surface area (Å²) in [4.78, 5) is 4.38. The van der Waals surface area contributed by atoms with Gasteiger partial charge in [0.2, 0.25) is 10.0 Å². The second-order valence-corrected chi connectivity index (χ2v) is 6.67. The average molecular weight is 316 g/mol. The van der Waals surface area contributed by atoms with Crippen LogP contribution >= 0.6 is 12.4 Å². The van der Waals surface area contributed by atoms with Crippen LogP contribution in [0.4, 0.5) is 0 Å². The minimum Gasteiger partial charge on any atom is -0.329 e. The van der Waals surface area contributed by atoms with E-state index in [1.165, 1.54) is 0 Å². The second kappa shape index (κ2) is 6.05. The lowest BCUT2D eigenvalue weighted by atomic mass is 10.1. The van der Waals surface area contributed by atoms with Gasteiger partial charge in [-0.2, -0.15) is 0 Å². The van der Waals surface area contributed by atoms with Crippen molar-refractivity contribution in [2.45, 2.75) is 24.3 Å². The molecule has 2 rings (SSSR count). The molecule has 0 saturated heterocycles. The number of hydrogen-bond donors (Lipinski definition) is 2. The molecule has 0 aliphatic carbocycles. The molecule has 0 radical (unpaired) electrons. The number of fused-ring (bicyclic) bond motifs is 1. The van der Waals surface area contributed by atoms with Gasteiger partial charge >= 0.3 is 0 Å². The Bertz CT molecular complexity index is 696. The Balaban J connectivity index is 0.00000200. The van der Waals surface area contributed by atoms with Crippen molar-refractivity contribution in [1.82, 2.24) is 9.71 Å². The average Bonchev–Trinajstić information content (AvgIpc) is 2.37. The molecule has 20 heavy (non-hydrogen) atoms. The van der Waals surface area contributed by atoms with Crippen LogP contribution in [-0.2, 0) is 10.0 Å². The van der Waals surface area contributed by atoms with Crippen molar-refractivity contribution in [3.8, 4) is 0 Å². The van der Waals surface area contributed by atoms with Crippen LogP contribution in [0.25, 0.3) is 10.9 Å². The van der Waals surface area contributed by atoms with Crippen LogP contribution in [0.15, 0.2) is 41.4 Å². The van der Waals surface area contributed by atoms with E-state index in [4.69, 9.17) is 5.73 Å². The first-order valence-corrected chi connectivity index (χ1v) is 7.42. The number of nitrogens with one attached hydrogen (secondary N) is 1. The Labute approximate surface area is 125 Å². The molecule has 0 aliphatic rings. The van der Waals surface area contributed by atoms with E-state index in [0.717, 1.165) is 0 Å². The lowest BCUT2D eigenvalue weighted by Crippen LogP contribution is -2.48. The zero-order valence-electron chi connectivity index (χ0n) is 11.3. The molecule has 1 aromatic heterocycles. The Hall–Kier alpha value is -1.21. The molecular weight excluding hydrogens is 298 g/mol. The minimum absolute atomic E-state index is 0. The van der Waals surface area contributed by atoms with Gasteiger partial charge in [-0.25, -0.2) is 13.1 Å². The van der Waals surface area contributed by atoms with Crippen LogP contribution in [-0.4, -0.2) is 25.5 Å². The molecule has 0 spiro atoms. The van der Waals surface area contributed by atoms with Gasteiger partial charge in [-0.3, -0.25) is 4.98 Å². The van der Waals surface area contributed by atoms with Gasteiger partial charge < -0.3 is 5.73 Å². The van der Waals surface area contributed by atoms with Gasteiger partial charge in [-0.1, -0.05) is 6.07 Å². The maximum Gasteiger partial charge on any atom is 0.241 e. The molecule has 0 unspecified atom stereocenters. The van der Waals surface area contributed by atoms with Crippen molar-refractivity contribution in [2.75, 3.05) is 6.54 Å². The van der Waals surface area contributed by atoms with Gasteiger partial charge in [-0.05, 0) is 38.1 Å². The highest BCUT2D eigenvalue weighted by molar-refractivity contribution is 7.89. The molecule has 7 heteroatoms. The quantitative estimate of drug-likeness (QED) is 0.898. The maximum atomic E-state index is 12.4. The molecule has 110 valence electrons. The Morgan fingerprint density at radius 2 is 1.95 bits per heavy atom. The summed E-state index contributed by atoms with van der Waals surface area (Å²) >= 11 is 0. The zero-order valence-corrected chi connectivity index (χ0v) is 13.0. The number of nitrogens with two attached hydrogens (primary N) is 1. The van der Waals surface area contributed by atoms with Gasteiger partial charge in [0.15, 0.2) is 0 Å². The third-order valence-corrected chi connectivity index (χ3v) is 4.57. The first-order valence-electron chi connectivity index (χ1n) is 5.93. The van der Waals surface area contributed by atoms with Gasteiger partial charge in [0.25, 0.3) is 0 Å². The number of aromatic nitrogens is 1. The van der Waals surface area contributed by atoms with Crippen LogP contribution in [0.5, 0.6) is 0 Å². The van der Waals surface area contributed by atoms with Crippen molar-refractivity contribution < 1.29 is 8.42 Å². The number of benzene rings is 1. The third-order valence-electron chi connectivity index (χ3n) is 2.82. The summed E-state index contributed by atoms with van der Waals surface area (Å²) in [5.41, 5.74) is 5.52. The smallest absolute Gasteiger partial charge is 0.241 e. The van der Waals surface area contributed by atoms with Crippen LogP contribution in [0, 0.1) is 0 Å². The summed E-state index contributed by atoms with van der Waals surface area (Å²) in [6.07, 6.45) is 1.63. The molecule has 0 bridgehead atoms. The lowest BCUT2D eigenvalue weighted by Gasteiger charge is -2.24. The molecule has 0 atom stereocenters. The van der Waals surface area contributed by atoms with E-state index in [1.807, 2.05) is 0 Å². The molecule has 0 aliphatic heterocycles. The van der Waals surface area contributed by atoms with E-state index < -0.39 is 15.6 Å². The lowest BCUT2D eigenvalue weighted by molar-refractivity contribution is 0.463. The number of halogens is 1. The van der Waals surface area contributed by atoms with Crippen LogP contribution in [0.3, 0.4) is 0 Å². The normalized spacial score (nSPS) is 12.2. The van der Waals surface area contributed by atoms with Gasteiger partial charge in [0.05, 0.1) is 10.4 Å². The number of pyridine rings is 1. The molecule has 1 aromatic carbocycles. The summed E-state index contributed by atoms with van der Waals surface area (Å²) in [5, 5.41) is 0.602. The highest BCUT2D eigenvalue weighted by atomic mass is 35.5. The Morgan fingerprint density at radius 3 is 2.60 bits per heavy atom. The summed E-state index contributed by atoms with van der Waals surface area (Å²) < 4.78 is 27.5. The highest BCUT2D eigenvalue weighted by Gasteiger charge is 2.26. The summed E-state index contributed by atoms with van der Waals surface area (Å²) in [7, 11) is -3.63. The molecule has 0 fully saturated rings. The monoisotopic (exact) mass is 315 g/mol. The predicted molar refractivity (Wildman–Crippen MR) is 82.4 cm³/mol. The zero-order chi connectivity index (χ0) is 14.1. The van der Waals surface area contributed by atoms with Crippen LogP contribution in [0.2, 0.25) is 0 Å². The number of hydrogen-bond acceptors (Lipinski definition) is 4. The molecule has 2 aromatic rings. The molecule has 0 saturated carbocycles. The van der Waals surface area contributed by atoms with E-state index in [1.54, 1.807) is 50.4 Å². The van der Waals surface area contributed by atoms with Gasteiger partial charge in [0, 0.05) is 23.7 Å². The standard InChI is InChI=1S/C13H17N3O2S.ClH/c1-13(2,9-14)16-19(17,18)12-7-3-6-11-10(12)5-4-8-15-11;/h3-8,16H,9,14H2,1-2H3;1H. The second-order valence-electron chi connectivity index (χ2n) is 5.02. The minimum atomic E-state index is -3.63. The number of sulfonamides is 1. The van der Waals surface area contributed by atoms with E-state index in [2.05, 4.69) is 9.71 Å². The van der Waals surface area contributed by atoms with Crippen molar-refractivity contribution in [2.24, 2.45) is 5.73 Å². The highest BCUT2D eigenvalue weighted by Crippen LogP contribution is 2.22. The largest absolute Gasteiger partial charge is 0.329 e. The van der Waals surface area contributed by atoms with E-state index in [9.17, 15) is 8.42 Å². The SMILES string of the molecule is CC(C)(CN)NS(=O)(=O)c1cccc2ncccc12.Cl. The topological polar surface area (TPSA) is 85.1 Å². The Morgan fingerprint density at radius 1 is 1.25 bits per heavy atom. The van der Waals surface area contributed by atoms with Crippen LogP contribution in [0.1, 0.15) is 13.8 Å². The molecule has 3 N–H and O–H groups in total. The van der Waals surface area contributed by atoms with Crippen LogP contribution < -0.4 is 10.5 Å². The van der Waals surface area contributed by atoms with E-state index in [0.29, 0.717) is 10.9 Å². The summed E-state index contributed by atoms with van der Waals surface area (Å²) in [5.74, 6) is 0. The third kappa shape index (κ3) is 3.46. The first-order chi connectivity index (χ1) is 8.86. The van der Waals surface area contributed by atoms with Crippen molar-refractivity contribution >= 4 is 33.3 Å². The van der Waals surface area contributed by atoms with Crippen molar-refractivity contribution in [3.05, 3.63) is 36.5 Å². The molecule has 1 heterocycles. The Kier molecular flexibility index (Phi) is 5.10. The summed E-state index contributed by atoms with van der Waals surface area (Å²) in [6.45, 7) is 3.71. The van der Waals surface area contributed by atoms with Crippen molar-refractivity contribution in [1.29, 1.82) is 0 Å². The maximum absolute atomic E-state index is 12.4. The van der Waals surface area contributed by atoms with E-state index in [-0.39, 0.29) is 23.8 Å². The first kappa shape index (κ1) is 16.8. The number of rotatable bonds is 4. The predicted octanol–water partition coefficient (Wildman–Crippen LogP) is 1.67. The fourth-order valence-electron chi connectivity index (χ4n) is 1.77. The van der Waals surface area contributed by atoms with Gasteiger partial charge in [-0.15, -0.1) is 12.4 Å².